The molecule has 2 aromatic heterocycles. The Bertz CT molecular complexity index is 868. The molecule has 0 N–H and O–H groups in total. The number of rotatable bonds is 4. The van der Waals surface area contributed by atoms with Crippen LogP contribution in [0.4, 0.5) is 11.5 Å². The third-order valence-electron chi connectivity index (χ3n) is 3.73. The van der Waals surface area contributed by atoms with Crippen LogP contribution in [-0.2, 0) is 6.54 Å². The van der Waals surface area contributed by atoms with Crippen LogP contribution in [0.25, 0.3) is 10.9 Å². The highest BCUT2D eigenvalue weighted by molar-refractivity contribution is 5.84. The second-order valence-electron chi connectivity index (χ2n) is 5.62. The van der Waals surface area contributed by atoms with Gasteiger partial charge in [0.2, 0.25) is 0 Å². The molecule has 7 heteroatoms. The summed E-state index contributed by atoms with van der Waals surface area (Å²) >= 11 is 0. The van der Waals surface area contributed by atoms with E-state index in [0.717, 1.165) is 28.0 Å². The molecule has 7 nitrogen and oxygen atoms in total. The van der Waals surface area contributed by atoms with E-state index in [2.05, 4.69) is 10.1 Å². The van der Waals surface area contributed by atoms with Crippen molar-refractivity contribution in [3.05, 3.63) is 57.9 Å². The molecule has 0 fully saturated rings. The average molecular weight is 311 g/mol. The minimum absolute atomic E-state index is 0.0807. The van der Waals surface area contributed by atoms with Gasteiger partial charge in [0.1, 0.15) is 5.82 Å². The summed E-state index contributed by atoms with van der Waals surface area (Å²) in [5, 5.41) is 16.2. The van der Waals surface area contributed by atoms with E-state index in [1.54, 1.807) is 12.1 Å². The van der Waals surface area contributed by atoms with Crippen LogP contribution in [0.5, 0.6) is 0 Å². The first kappa shape index (κ1) is 15.0. The summed E-state index contributed by atoms with van der Waals surface area (Å²) in [4.78, 5) is 16.9. The molecule has 0 atom stereocenters. The highest BCUT2D eigenvalue weighted by Crippen LogP contribution is 2.24. The highest BCUT2D eigenvalue weighted by atomic mass is 16.6. The van der Waals surface area contributed by atoms with Gasteiger partial charge in [-0.3, -0.25) is 14.8 Å². The summed E-state index contributed by atoms with van der Waals surface area (Å²) in [5.41, 5.74) is 2.77. The van der Waals surface area contributed by atoms with E-state index < -0.39 is 0 Å². The van der Waals surface area contributed by atoms with Crippen LogP contribution in [0.2, 0.25) is 0 Å². The topological polar surface area (TPSA) is 77.1 Å². The van der Waals surface area contributed by atoms with Gasteiger partial charge in [-0.1, -0.05) is 6.07 Å². The molecule has 0 aliphatic rings. The van der Waals surface area contributed by atoms with Crippen LogP contribution in [0.1, 0.15) is 11.3 Å². The molecular weight excluding hydrogens is 294 g/mol. The van der Waals surface area contributed by atoms with Gasteiger partial charge in [0, 0.05) is 37.8 Å². The fourth-order valence-electron chi connectivity index (χ4n) is 2.51. The van der Waals surface area contributed by atoms with E-state index in [0.29, 0.717) is 6.54 Å². The third-order valence-corrected chi connectivity index (χ3v) is 3.73. The molecule has 0 saturated heterocycles. The van der Waals surface area contributed by atoms with E-state index in [4.69, 9.17) is 0 Å². The average Bonchev–Trinajstić information content (AvgIpc) is 2.83. The van der Waals surface area contributed by atoms with Crippen molar-refractivity contribution in [2.24, 2.45) is 0 Å². The molecule has 1 aromatic carbocycles. The van der Waals surface area contributed by atoms with Crippen LogP contribution in [0.15, 0.2) is 36.5 Å². The van der Waals surface area contributed by atoms with E-state index in [-0.39, 0.29) is 10.6 Å². The Hall–Kier alpha value is -2.96. The monoisotopic (exact) mass is 311 g/mol. The summed E-state index contributed by atoms with van der Waals surface area (Å²) in [6.45, 7) is 2.43. The van der Waals surface area contributed by atoms with Gasteiger partial charge in [-0.05, 0) is 24.6 Å². The number of hydrogen-bond donors (Lipinski definition) is 0. The van der Waals surface area contributed by atoms with Crippen molar-refractivity contribution < 1.29 is 4.92 Å². The maximum atomic E-state index is 10.9. The minimum atomic E-state index is -0.389. The lowest BCUT2D eigenvalue weighted by molar-refractivity contribution is -0.384. The first-order valence-electron chi connectivity index (χ1n) is 7.19. The van der Waals surface area contributed by atoms with Crippen LogP contribution in [0.3, 0.4) is 0 Å². The summed E-state index contributed by atoms with van der Waals surface area (Å²) in [6.07, 6.45) is 1.82. The molecule has 118 valence electrons. The molecule has 23 heavy (non-hydrogen) atoms. The third kappa shape index (κ3) is 2.85. The van der Waals surface area contributed by atoms with Crippen molar-refractivity contribution in [3.63, 3.8) is 0 Å². The lowest BCUT2D eigenvalue weighted by Gasteiger charge is -2.11. The van der Waals surface area contributed by atoms with Crippen molar-refractivity contribution >= 4 is 22.4 Å². The number of hydrogen-bond acceptors (Lipinski definition) is 5. The van der Waals surface area contributed by atoms with E-state index in [9.17, 15) is 10.1 Å². The van der Waals surface area contributed by atoms with Crippen LogP contribution < -0.4 is 4.90 Å². The first-order valence-corrected chi connectivity index (χ1v) is 7.19. The Morgan fingerprint density at radius 1 is 1.26 bits per heavy atom. The summed E-state index contributed by atoms with van der Waals surface area (Å²) in [5.74, 6) is 0.894. The van der Waals surface area contributed by atoms with Crippen LogP contribution in [-0.4, -0.2) is 33.8 Å². The Labute approximate surface area is 133 Å². The van der Waals surface area contributed by atoms with Gasteiger partial charge in [0.25, 0.3) is 5.69 Å². The number of benzene rings is 1. The predicted octanol–water partition coefficient (Wildman–Crippen LogP) is 2.76. The smallest absolute Gasteiger partial charge is 0.270 e. The number of nitrogens with zero attached hydrogens (tertiary/aromatic N) is 5. The summed E-state index contributed by atoms with van der Waals surface area (Å²) < 4.78 is 1.85. The Morgan fingerprint density at radius 2 is 2.04 bits per heavy atom. The number of fused-ring (bicyclic) bond motifs is 1. The van der Waals surface area contributed by atoms with Gasteiger partial charge in [-0.25, -0.2) is 4.98 Å². The predicted molar refractivity (Wildman–Crippen MR) is 88.8 cm³/mol. The maximum Gasteiger partial charge on any atom is 0.270 e. The maximum absolute atomic E-state index is 10.9. The van der Waals surface area contributed by atoms with Crippen molar-refractivity contribution in [1.82, 2.24) is 14.8 Å². The Kier molecular flexibility index (Phi) is 3.69. The van der Waals surface area contributed by atoms with Gasteiger partial charge < -0.3 is 4.90 Å². The standard InChI is InChI=1S/C16H17N5O2/c1-11-14-8-13(21(22)23)5-6-15(14)20(18-11)10-12-4-7-16(17-9-12)19(2)3/h4-9H,10H2,1-3H3. The van der Waals surface area contributed by atoms with Crippen molar-refractivity contribution in [2.75, 3.05) is 19.0 Å². The van der Waals surface area contributed by atoms with Crippen LogP contribution >= 0.6 is 0 Å². The van der Waals surface area contributed by atoms with Gasteiger partial charge in [-0.2, -0.15) is 5.10 Å². The van der Waals surface area contributed by atoms with Gasteiger partial charge >= 0.3 is 0 Å². The largest absolute Gasteiger partial charge is 0.363 e. The lowest BCUT2D eigenvalue weighted by atomic mass is 10.2. The SMILES string of the molecule is Cc1nn(Cc2ccc(N(C)C)nc2)c2ccc([N+](=O)[O-])cc12. The molecule has 0 spiro atoms. The summed E-state index contributed by atoms with van der Waals surface area (Å²) in [7, 11) is 3.89. The number of nitro groups is 1. The molecule has 0 saturated carbocycles. The molecule has 0 amide bonds. The second kappa shape index (κ2) is 5.68. The van der Waals surface area contributed by atoms with Gasteiger partial charge in [0.05, 0.1) is 22.7 Å². The lowest BCUT2D eigenvalue weighted by Crippen LogP contribution is -2.11. The van der Waals surface area contributed by atoms with Gasteiger partial charge in [0.15, 0.2) is 0 Å². The second-order valence-corrected chi connectivity index (χ2v) is 5.62. The number of nitro benzene ring substituents is 1. The summed E-state index contributed by atoms with van der Waals surface area (Å²) in [6, 6.07) is 8.79. The molecule has 2 heterocycles. The zero-order valence-electron chi connectivity index (χ0n) is 13.2. The van der Waals surface area contributed by atoms with E-state index in [1.807, 2.05) is 48.9 Å². The molecule has 0 aliphatic heterocycles. The van der Waals surface area contributed by atoms with E-state index >= 15 is 0 Å². The zero-order chi connectivity index (χ0) is 16.6. The first-order chi connectivity index (χ1) is 11.0. The molecule has 0 radical (unpaired) electrons. The normalized spacial score (nSPS) is 10.9. The molecule has 3 aromatic rings. The zero-order valence-corrected chi connectivity index (χ0v) is 13.2. The van der Waals surface area contributed by atoms with Crippen molar-refractivity contribution in [1.29, 1.82) is 0 Å². The molecule has 0 aliphatic carbocycles. The molecule has 3 rings (SSSR count). The fourth-order valence-corrected chi connectivity index (χ4v) is 2.51. The Balaban J connectivity index is 1.95. The number of pyridine rings is 1. The Morgan fingerprint density at radius 3 is 2.65 bits per heavy atom. The molecular formula is C16H17N5O2. The van der Waals surface area contributed by atoms with Crippen LogP contribution in [0, 0.1) is 17.0 Å². The number of aromatic nitrogens is 3. The quantitative estimate of drug-likeness (QED) is 0.547. The number of aryl methyl sites for hydroxylation is 1. The van der Waals surface area contributed by atoms with E-state index in [1.165, 1.54) is 6.07 Å². The molecule has 0 bridgehead atoms. The highest BCUT2D eigenvalue weighted by Gasteiger charge is 2.13. The fraction of sp³-hybridized carbons (Fsp3) is 0.250. The van der Waals surface area contributed by atoms with Crippen molar-refractivity contribution in [2.45, 2.75) is 13.5 Å². The number of anilines is 1. The van der Waals surface area contributed by atoms with Gasteiger partial charge in [-0.15, -0.1) is 0 Å². The van der Waals surface area contributed by atoms with Crippen molar-refractivity contribution in [3.8, 4) is 0 Å². The number of non-ortho nitro benzene ring substituents is 1. The minimum Gasteiger partial charge on any atom is -0.363 e. The molecule has 0 unspecified atom stereocenters.